The van der Waals surface area contributed by atoms with Crippen LogP contribution in [0.1, 0.15) is 10.6 Å². The predicted octanol–water partition coefficient (Wildman–Crippen LogP) is 1.15. The topological polar surface area (TPSA) is 42.2 Å². The molecule has 2 heterocycles. The van der Waals surface area contributed by atoms with E-state index in [0.29, 0.717) is 5.92 Å². The maximum atomic E-state index is 5.57. The molecule has 72 valence electrons. The second kappa shape index (κ2) is 3.27. The standard InChI is InChI=1S/C9H15N3S/c1-6-7(2)13-9(11-6)12-4-8(3-10)5-12/h8H,3-5,10H2,1-2H3. The number of thiazole rings is 1. The van der Waals surface area contributed by atoms with Gasteiger partial charge in [-0.2, -0.15) is 0 Å². The molecule has 0 atom stereocenters. The lowest BCUT2D eigenvalue weighted by molar-refractivity contribution is 0.419. The molecule has 0 saturated carbocycles. The summed E-state index contributed by atoms with van der Waals surface area (Å²) < 4.78 is 0. The summed E-state index contributed by atoms with van der Waals surface area (Å²) in [6, 6.07) is 0. The molecule has 0 aliphatic carbocycles. The fraction of sp³-hybridized carbons (Fsp3) is 0.667. The van der Waals surface area contributed by atoms with Gasteiger partial charge in [0.05, 0.1) is 5.69 Å². The van der Waals surface area contributed by atoms with E-state index in [1.165, 1.54) is 10.0 Å². The first-order valence-electron chi connectivity index (χ1n) is 4.59. The van der Waals surface area contributed by atoms with Crippen molar-refractivity contribution in [3.8, 4) is 0 Å². The third kappa shape index (κ3) is 1.56. The van der Waals surface area contributed by atoms with Crippen LogP contribution in [-0.2, 0) is 0 Å². The van der Waals surface area contributed by atoms with Crippen molar-refractivity contribution in [1.29, 1.82) is 0 Å². The highest BCUT2D eigenvalue weighted by atomic mass is 32.1. The zero-order chi connectivity index (χ0) is 9.42. The summed E-state index contributed by atoms with van der Waals surface area (Å²) in [5.41, 5.74) is 6.73. The molecular weight excluding hydrogens is 182 g/mol. The van der Waals surface area contributed by atoms with Gasteiger partial charge in [0.1, 0.15) is 0 Å². The van der Waals surface area contributed by atoms with Crippen LogP contribution < -0.4 is 10.6 Å². The number of hydrogen-bond donors (Lipinski definition) is 1. The molecule has 0 aromatic carbocycles. The summed E-state index contributed by atoms with van der Waals surface area (Å²) in [6.07, 6.45) is 0. The number of anilines is 1. The average molecular weight is 197 g/mol. The van der Waals surface area contributed by atoms with Crippen molar-refractivity contribution in [1.82, 2.24) is 4.98 Å². The van der Waals surface area contributed by atoms with E-state index < -0.39 is 0 Å². The van der Waals surface area contributed by atoms with Crippen molar-refractivity contribution >= 4 is 16.5 Å². The first kappa shape index (κ1) is 8.97. The Bertz CT molecular complexity index is 282. The molecule has 2 rings (SSSR count). The molecule has 1 aliphatic rings. The highest BCUT2D eigenvalue weighted by Crippen LogP contribution is 2.29. The number of rotatable bonds is 2. The summed E-state index contributed by atoms with van der Waals surface area (Å²) in [4.78, 5) is 8.14. The SMILES string of the molecule is Cc1nc(N2CC(CN)C2)sc1C. The molecule has 0 unspecified atom stereocenters. The van der Waals surface area contributed by atoms with E-state index in [-0.39, 0.29) is 0 Å². The third-order valence-corrected chi connectivity index (χ3v) is 3.71. The maximum Gasteiger partial charge on any atom is 0.185 e. The Kier molecular flexibility index (Phi) is 2.26. The normalized spacial score (nSPS) is 17.6. The van der Waals surface area contributed by atoms with E-state index in [0.717, 1.165) is 25.3 Å². The summed E-state index contributed by atoms with van der Waals surface area (Å²) >= 11 is 1.78. The molecule has 2 N–H and O–H groups in total. The van der Waals surface area contributed by atoms with Gasteiger partial charge in [-0.15, -0.1) is 11.3 Å². The number of aryl methyl sites for hydroxylation is 2. The summed E-state index contributed by atoms with van der Waals surface area (Å²) in [6.45, 7) is 7.16. The Balaban J connectivity index is 2.03. The van der Waals surface area contributed by atoms with E-state index in [1.54, 1.807) is 11.3 Å². The van der Waals surface area contributed by atoms with Crippen LogP contribution in [0, 0.1) is 19.8 Å². The number of hydrogen-bond acceptors (Lipinski definition) is 4. The van der Waals surface area contributed by atoms with Gasteiger partial charge in [-0.25, -0.2) is 4.98 Å². The van der Waals surface area contributed by atoms with Gasteiger partial charge in [-0.05, 0) is 20.4 Å². The minimum Gasteiger partial charge on any atom is -0.347 e. The quantitative estimate of drug-likeness (QED) is 0.773. The van der Waals surface area contributed by atoms with Crippen molar-refractivity contribution in [2.45, 2.75) is 13.8 Å². The van der Waals surface area contributed by atoms with Gasteiger partial charge in [0.15, 0.2) is 5.13 Å². The molecule has 1 aromatic rings. The molecule has 1 aliphatic heterocycles. The summed E-state index contributed by atoms with van der Waals surface area (Å²) in [7, 11) is 0. The molecule has 13 heavy (non-hydrogen) atoms. The summed E-state index contributed by atoms with van der Waals surface area (Å²) in [5.74, 6) is 0.685. The first-order valence-corrected chi connectivity index (χ1v) is 5.41. The number of nitrogens with two attached hydrogens (primary N) is 1. The van der Waals surface area contributed by atoms with E-state index in [2.05, 4.69) is 23.7 Å². The Morgan fingerprint density at radius 3 is 2.69 bits per heavy atom. The highest BCUT2D eigenvalue weighted by molar-refractivity contribution is 7.15. The Morgan fingerprint density at radius 1 is 1.54 bits per heavy atom. The second-order valence-corrected chi connectivity index (χ2v) is 4.83. The monoisotopic (exact) mass is 197 g/mol. The molecule has 0 bridgehead atoms. The summed E-state index contributed by atoms with van der Waals surface area (Å²) in [5, 5.41) is 1.17. The molecule has 1 fully saturated rings. The Hall–Kier alpha value is -0.610. The fourth-order valence-electron chi connectivity index (χ4n) is 1.47. The minimum atomic E-state index is 0.685. The highest BCUT2D eigenvalue weighted by Gasteiger charge is 2.27. The van der Waals surface area contributed by atoms with Gasteiger partial charge < -0.3 is 10.6 Å². The fourth-order valence-corrected chi connectivity index (χ4v) is 2.39. The van der Waals surface area contributed by atoms with Crippen LogP contribution in [0.15, 0.2) is 0 Å². The van der Waals surface area contributed by atoms with Crippen LogP contribution in [0.3, 0.4) is 0 Å². The Labute approximate surface area is 82.6 Å². The van der Waals surface area contributed by atoms with Crippen LogP contribution in [0.25, 0.3) is 0 Å². The van der Waals surface area contributed by atoms with Crippen LogP contribution in [0.4, 0.5) is 5.13 Å². The zero-order valence-corrected chi connectivity index (χ0v) is 8.90. The van der Waals surface area contributed by atoms with Gasteiger partial charge in [-0.3, -0.25) is 0 Å². The van der Waals surface area contributed by atoms with Crippen molar-refractivity contribution in [2.75, 3.05) is 24.5 Å². The molecular formula is C9H15N3S. The second-order valence-electron chi connectivity index (χ2n) is 3.64. The Morgan fingerprint density at radius 2 is 2.23 bits per heavy atom. The first-order chi connectivity index (χ1) is 6.20. The zero-order valence-electron chi connectivity index (χ0n) is 8.08. The maximum absolute atomic E-state index is 5.57. The van der Waals surface area contributed by atoms with Gasteiger partial charge in [0.2, 0.25) is 0 Å². The lowest BCUT2D eigenvalue weighted by Gasteiger charge is -2.38. The molecule has 3 nitrogen and oxygen atoms in total. The van der Waals surface area contributed by atoms with Crippen molar-refractivity contribution in [2.24, 2.45) is 11.7 Å². The van der Waals surface area contributed by atoms with E-state index in [9.17, 15) is 0 Å². The van der Waals surface area contributed by atoms with Gasteiger partial charge in [0.25, 0.3) is 0 Å². The molecule has 0 amide bonds. The van der Waals surface area contributed by atoms with Crippen LogP contribution >= 0.6 is 11.3 Å². The lowest BCUT2D eigenvalue weighted by atomic mass is 10.0. The molecule has 0 radical (unpaired) electrons. The van der Waals surface area contributed by atoms with Crippen molar-refractivity contribution in [3.05, 3.63) is 10.6 Å². The third-order valence-electron chi connectivity index (χ3n) is 2.58. The van der Waals surface area contributed by atoms with Crippen molar-refractivity contribution in [3.63, 3.8) is 0 Å². The van der Waals surface area contributed by atoms with Gasteiger partial charge in [0, 0.05) is 23.9 Å². The minimum absolute atomic E-state index is 0.685. The van der Waals surface area contributed by atoms with Crippen LogP contribution in [0.2, 0.25) is 0 Å². The molecule has 0 spiro atoms. The van der Waals surface area contributed by atoms with Crippen molar-refractivity contribution < 1.29 is 0 Å². The molecule has 4 heteroatoms. The largest absolute Gasteiger partial charge is 0.347 e. The van der Waals surface area contributed by atoms with Gasteiger partial charge in [-0.1, -0.05) is 0 Å². The van der Waals surface area contributed by atoms with Crippen LogP contribution in [0.5, 0.6) is 0 Å². The average Bonchev–Trinajstić information content (AvgIpc) is 2.30. The van der Waals surface area contributed by atoms with E-state index in [4.69, 9.17) is 5.73 Å². The predicted molar refractivity (Wildman–Crippen MR) is 56.3 cm³/mol. The van der Waals surface area contributed by atoms with E-state index >= 15 is 0 Å². The number of nitrogens with zero attached hydrogens (tertiary/aromatic N) is 2. The molecule has 1 aromatic heterocycles. The lowest BCUT2D eigenvalue weighted by Crippen LogP contribution is -2.49. The number of aromatic nitrogens is 1. The van der Waals surface area contributed by atoms with Gasteiger partial charge >= 0.3 is 0 Å². The van der Waals surface area contributed by atoms with Crippen LogP contribution in [-0.4, -0.2) is 24.6 Å². The molecule has 1 saturated heterocycles. The van der Waals surface area contributed by atoms with E-state index in [1.807, 2.05) is 0 Å². The smallest absolute Gasteiger partial charge is 0.185 e.